The van der Waals surface area contributed by atoms with Crippen LogP contribution in [0.4, 0.5) is 0 Å². The highest BCUT2D eigenvalue weighted by atomic mass is 16.7. The highest BCUT2D eigenvalue weighted by Gasteiger charge is 2.16. The third-order valence-corrected chi connectivity index (χ3v) is 1.54. The Bertz CT molecular complexity index is 111. The largest absolute Gasteiger partial charge is 0.351 e. The fourth-order valence-electron chi connectivity index (χ4n) is 0.949. The Morgan fingerprint density at radius 2 is 1.83 bits per heavy atom. The lowest BCUT2D eigenvalue weighted by molar-refractivity contribution is -0.145. The van der Waals surface area contributed by atoms with Crippen LogP contribution in [-0.2, 0) is 9.47 Å². The van der Waals surface area contributed by atoms with E-state index in [2.05, 4.69) is 11.9 Å². The smallest absolute Gasteiger partial charge is 0.176 e. The van der Waals surface area contributed by atoms with Crippen LogP contribution in [0.2, 0.25) is 0 Å². The highest BCUT2D eigenvalue weighted by molar-refractivity contribution is 4.87. The maximum Gasteiger partial charge on any atom is 0.176 e. The zero-order chi connectivity index (χ0) is 9.40. The van der Waals surface area contributed by atoms with E-state index in [-0.39, 0.29) is 12.3 Å². The summed E-state index contributed by atoms with van der Waals surface area (Å²) in [5.41, 5.74) is 0. The van der Waals surface area contributed by atoms with E-state index in [1.165, 1.54) is 0 Å². The van der Waals surface area contributed by atoms with Gasteiger partial charge in [-0.3, -0.25) is 0 Å². The standard InChI is InChI=1S/C9H19NO2/c1-5-8(10-4)9(11-6-2)12-7-3/h5,8-10H,1,6-7H2,2-4H3. The predicted octanol–water partition coefficient (Wildman–Crippen LogP) is 1.16. The number of likely N-dealkylation sites (N-methyl/N-ethyl adjacent to an activating group) is 1. The van der Waals surface area contributed by atoms with E-state index in [0.717, 1.165) is 0 Å². The van der Waals surface area contributed by atoms with Gasteiger partial charge in [-0.15, -0.1) is 6.58 Å². The molecule has 0 saturated carbocycles. The van der Waals surface area contributed by atoms with Crippen LogP contribution in [0.5, 0.6) is 0 Å². The van der Waals surface area contributed by atoms with Crippen LogP contribution in [0.25, 0.3) is 0 Å². The zero-order valence-electron chi connectivity index (χ0n) is 8.17. The second kappa shape index (κ2) is 7.28. The predicted molar refractivity (Wildman–Crippen MR) is 50.1 cm³/mol. The van der Waals surface area contributed by atoms with Crippen molar-refractivity contribution in [3.05, 3.63) is 12.7 Å². The molecule has 72 valence electrons. The minimum atomic E-state index is -0.220. The Kier molecular flexibility index (Phi) is 7.05. The molecule has 0 aromatic rings. The van der Waals surface area contributed by atoms with Crippen molar-refractivity contribution >= 4 is 0 Å². The number of hydrogen-bond acceptors (Lipinski definition) is 3. The average molecular weight is 173 g/mol. The van der Waals surface area contributed by atoms with Gasteiger partial charge in [-0.25, -0.2) is 0 Å². The second-order valence-electron chi connectivity index (χ2n) is 2.33. The summed E-state index contributed by atoms with van der Waals surface area (Å²) in [4.78, 5) is 0. The zero-order valence-corrected chi connectivity index (χ0v) is 8.17. The molecule has 0 saturated heterocycles. The summed E-state index contributed by atoms with van der Waals surface area (Å²) in [6.45, 7) is 8.89. The minimum Gasteiger partial charge on any atom is -0.351 e. The SMILES string of the molecule is C=CC(NC)C(OCC)OCC. The lowest BCUT2D eigenvalue weighted by Crippen LogP contribution is -2.39. The highest BCUT2D eigenvalue weighted by Crippen LogP contribution is 2.02. The van der Waals surface area contributed by atoms with Crippen molar-refractivity contribution in [2.45, 2.75) is 26.2 Å². The van der Waals surface area contributed by atoms with Crippen LogP contribution in [0.3, 0.4) is 0 Å². The number of rotatable bonds is 7. The molecule has 1 atom stereocenters. The third kappa shape index (κ3) is 3.85. The van der Waals surface area contributed by atoms with Crippen LogP contribution in [0, 0.1) is 0 Å². The summed E-state index contributed by atoms with van der Waals surface area (Å²) < 4.78 is 10.7. The average Bonchev–Trinajstić information content (AvgIpc) is 2.07. The molecule has 0 aromatic heterocycles. The molecule has 0 spiro atoms. The molecular formula is C9H19NO2. The van der Waals surface area contributed by atoms with E-state index in [4.69, 9.17) is 9.47 Å². The first-order chi connectivity index (χ1) is 5.79. The van der Waals surface area contributed by atoms with Gasteiger partial charge in [-0.1, -0.05) is 6.08 Å². The maximum absolute atomic E-state index is 5.37. The Morgan fingerprint density at radius 3 is 2.08 bits per heavy atom. The van der Waals surface area contributed by atoms with E-state index < -0.39 is 0 Å². The van der Waals surface area contributed by atoms with Gasteiger partial charge >= 0.3 is 0 Å². The summed E-state index contributed by atoms with van der Waals surface area (Å²) in [7, 11) is 1.86. The van der Waals surface area contributed by atoms with Crippen molar-refractivity contribution in [3.8, 4) is 0 Å². The number of nitrogens with one attached hydrogen (secondary N) is 1. The molecule has 0 amide bonds. The summed E-state index contributed by atoms with van der Waals surface area (Å²) in [5.74, 6) is 0. The molecule has 0 heterocycles. The van der Waals surface area contributed by atoms with Crippen molar-refractivity contribution in [2.24, 2.45) is 0 Å². The fraction of sp³-hybridized carbons (Fsp3) is 0.778. The molecule has 1 unspecified atom stereocenters. The molecule has 0 rings (SSSR count). The number of ether oxygens (including phenoxy) is 2. The van der Waals surface area contributed by atoms with Crippen molar-refractivity contribution in [1.29, 1.82) is 0 Å². The molecule has 0 radical (unpaired) electrons. The molecule has 0 bridgehead atoms. The molecule has 0 aliphatic heterocycles. The van der Waals surface area contributed by atoms with Crippen LogP contribution >= 0.6 is 0 Å². The summed E-state index contributed by atoms with van der Waals surface area (Å²) >= 11 is 0. The first-order valence-electron chi connectivity index (χ1n) is 4.33. The first kappa shape index (κ1) is 11.6. The molecule has 0 aliphatic rings. The Labute approximate surface area is 74.7 Å². The van der Waals surface area contributed by atoms with Gasteiger partial charge < -0.3 is 14.8 Å². The summed E-state index contributed by atoms with van der Waals surface area (Å²) in [6.07, 6.45) is 1.57. The van der Waals surface area contributed by atoms with Crippen molar-refractivity contribution in [3.63, 3.8) is 0 Å². The van der Waals surface area contributed by atoms with Crippen molar-refractivity contribution < 1.29 is 9.47 Å². The molecular weight excluding hydrogens is 154 g/mol. The van der Waals surface area contributed by atoms with Gasteiger partial charge in [-0.2, -0.15) is 0 Å². The van der Waals surface area contributed by atoms with E-state index >= 15 is 0 Å². The van der Waals surface area contributed by atoms with Gasteiger partial charge in [0.25, 0.3) is 0 Å². The first-order valence-corrected chi connectivity index (χ1v) is 4.33. The molecule has 0 fully saturated rings. The summed E-state index contributed by atoms with van der Waals surface area (Å²) in [6, 6.07) is 0.0601. The lowest BCUT2D eigenvalue weighted by Gasteiger charge is -2.23. The van der Waals surface area contributed by atoms with Crippen LogP contribution in [-0.4, -0.2) is 32.6 Å². The van der Waals surface area contributed by atoms with Gasteiger partial charge in [0.2, 0.25) is 0 Å². The van der Waals surface area contributed by atoms with Crippen molar-refractivity contribution in [2.75, 3.05) is 20.3 Å². The second-order valence-corrected chi connectivity index (χ2v) is 2.33. The monoisotopic (exact) mass is 173 g/mol. The van der Waals surface area contributed by atoms with Crippen LogP contribution in [0.15, 0.2) is 12.7 Å². The number of hydrogen-bond donors (Lipinski definition) is 1. The van der Waals surface area contributed by atoms with Crippen molar-refractivity contribution in [1.82, 2.24) is 5.32 Å². The van der Waals surface area contributed by atoms with E-state index in [1.54, 1.807) is 6.08 Å². The Hall–Kier alpha value is -0.380. The lowest BCUT2D eigenvalue weighted by atomic mass is 10.3. The van der Waals surface area contributed by atoms with Gasteiger partial charge in [0, 0.05) is 13.2 Å². The van der Waals surface area contributed by atoms with E-state index in [1.807, 2.05) is 20.9 Å². The van der Waals surface area contributed by atoms with Gasteiger partial charge in [-0.05, 0) is 20.9 Å². The Balaban J connectivity index is 3.94. The normalized spacial score (nSPS) is 13.3. The molecule has 1 N–H and O–H groups in total. The maximum atomic E-state index is 5.37. The van der Waals surface area contributed by atoms with E-state index in [0.29, 0.717) is 13.2 Å². The topological polar surface area (TPSA) is 30.5 Å². The van der Waals surface area contributed by atoms with Crippen LogP contribution in [0.1, 0.15) is 13.8 Å². The summed E-state index contributed by atoms with van der Waals surface area (Å²) in [5, 5.41) is 3.05. The van der Waals surface area contributed by atoms with E-state index in [9.17, 15) is 0 Å². The molecule has 12 heavy (non-hydrogen) atoms. The van der Waals surface area contributed by atoms with Gasteiger partial charge in [0.1, 0.15) is 0 Å². The molecule has 3 nitrogen and oxygen atoms in total. The molecule has 0 aromatic carbocycles. The third-order valence-electron chi connectivity index (χ3n) is 1.54. The van der Waals surface area contributed by atoms with Gasteiger partial charge in [0.05, 0.1) is 6.04 Å². The Morgan fingerprint density at radius 1 is 1.33 bits per heavy atom. The fourth-order valence-corrected chi connectivity index (χ4v) is 0.949. The minimum absolute atomic E-state index is 0.0601. The molecule has 0 aliphatic carbocycles. The molecule has 3 heteroatoms. The van der Waals surface area contributed by atoms with Crippen LogP contribution < -0.4 is 5.32 Å². The van der Waals surface area contributed by atoms with Gasteiger partial charge in [0.15, 0.2) is 6.29 Å². The quantitative estimate of drug-likeness (QED) is 0.463.